The van der Waals surface area contributed by atoms with E-state index in [4.69, 9.17) is 10.8 Å². The maximum absolute atomic E-state index is 11.3. The lowest BCUT2D eigenvalue weighted by Gasteiger charge is -2.23. The van der Waals surface area contributed by atoms with E-state index in [-0.39, 0.29) is 13.0 Å². The molecule has 1 rings (SSSR count). The molecule has 0 bridgehead atoms. The molecule has 4 N–H and O–H groups in total. The third kappa shape index (κ3) is 3.49. The van der Waals surface area contributed by atoms with E-state index in [9.17, 15) is 9.90 Å². The van der Waals surface area contributed by atoms with Crippen LogP contribution in [0.25, 0.3) is 0 Å². The third-order valence-corrected chi connectivity index (χ3v) is 3.63. The molecule has 1 saturated carbocycles. The topological polar surface area (TPSA) is 83.5 Å². The smallest absolute Gasteiger partial charge is 0.309 e. The van der Waals surface area contributed by atoms with Crippen LogP contribution in [0.4, 0.5) is 0 Å². The summed E-state index contributed by atoms with van der Waals surface area (Å²) in [6, 6.07) is 0.0489. The first-order valence-corrected chi connectivity index (χ1v) is 6.13. The number of nitrogens with two attached hydrogens (primary N) is 1. The van der Waals surface area contributed by atoms with E-state index in [1.165, 1.54) is 0 Å². The average molecular weight is 227 g/mol. The summed E-state index contributed by atoms with van der Waals surface area (Å²) < 4.78 is 0. The minimum Gasteiger partial charge on any atom is -0.481 e. The Hall–Kier alpha value is -0.545. The largest absolute Gasteiger partial charge is 0.481 e. The van der Waals surface area contributed by atoms with Crippen LogP contribution in [0.1, 0.15) is 38.5 Å². The molecular formula is C11H22BNO3. The second-order valence-corrected chi connectivity index (χ2v) is 5.18. The van der Waals surface area contributed by atoms with Crippen molar-refractivity contribution in [2.75, 3.05) is 0 Å². The highest BCUT2D eigenvalue weighted by Crippen LogP contribution is 2.42. The monoisotopic (exact) mass is 227 g/mol. The Balaban J connectivity index is 2.38. The van der Waals surface area contributed by atoms with Crippen molar-refractivity contribution in [3.05, 3.63) is 0 Å². The summed E-state index contributed by atoms with van der Waals surface area (Å²) in [6.45, 7) is 1.48. The van der Waals surface area contributed by atoms with E-state index < -0.39 is 11.4 Å². The Bertz CT molecular complexity index is 247. The molecule has 16 heavy (non-hydrogen) atoms. The molecule has 0 radical (unpaired) electrons. The molecule has 0 aromatic carbocycles. The molecule has 1 aliphatic carbocycles. The summed E-state index contributed by atoms with van der Waals surface area (Å²) in [4.78, 5) is 11.3. The minimum atomic E-state index is -0.697. The zero-order valence-corrected chi connectivity index (χ0v) is 9.98. The number of hydrogen-bond acceptors (Lipinski definition) is 3. The van der Waals surface area contributed by atoms with Crippen LogP contribution in [0.2, 0.25) is 13.1 Å². The molecule has 0 saturated heterocycles. The summed E-state index contributed by atoms with van der Waals surface area (Å²) in [5.74, 6) is -0.697. The molecule has 0 aliphatic heterocycles. The summed E-state index contributed by atoms with van der Waals surface area (Å²) >= 11 is 0. The normalized spacial score (nSPS) is 29.3. The van der Waals surface area contributed by atoms with Gasteiger partial charge in [-0.1, -0.05) is 19.7 Å². The number of hydrogen-bond donors (Lipinski definition) is 3. The second-order valence-electron chi connectivity index (χ2n) is 5.18. The molecule has 0 spiro atoms. The first-order chi connectivity index (χ1) is 7.46. The van der Waals surface area contributed by atoms with Crippen LogP contribution < -0.4 is 5.73 Å². The Labute approximate surface area is 97.3 Å². The second kappa shape index (κ2) is 5.68. The highest BCUT2D eigenvalue weighted by molar-refractivity contribution is 6.48. The number of carboxylic acids is 1. The van der Waals surface area contributed by atoms with E-state index >= 15 is 0 Å². The zero-order chi connectivity index (χ0) is 12.2. The molecule has 0 unspecified atom stereocenters. The number of aliphatic carboxylic acids is 1. The molecule has 0 aromatic rings. The van der Waals surface area contributed by atoms with Gasteiger partial charge in [-0.05, 0) is 32.0 Å². The van der Waals surface area contributed by atoms with Gasteiger partial charge in [0.1, 0.15) is 0 Å². The van der Waals surface area contributed by atoms with Crippen LogP contribution in [0, 0.1) is 5.41 Å². The van der Waals surface area contributed by atoms with Crippen LogP contribution in [0.3, 0.4) is 0 Å². The summed E-state index contributed by atoms with van der Waals surface area (Å²) in [7, 11) is 0. The average Bonchev–Trinajstić information content (AvgIpc) is 2.56. The van der Waals surface area contributed by atoms with Crippen LogP contribution in [-0.4, -0.2) is 29.1 Å². The van der Waals surface area contributed by atoms with E-state index in [1.807, 2.05) is 0 Å². The van der Waals surface area contributed by atoms with E-state index in [1.54, 1.807) is 6.82 Å². The zero-order valence-electron chi connectivity index (χ0n) is 9.98. The van der Waals surface area contributed by atoms with Crippen molar-refractivity contribution >= 4 is 12.9 Å². The molecule has 1 fully saturated rings. The lowest BCUT2D eigenvalue weighted by atomic mass is 9.66. The van der Waals surface area contributed by atoms with Gasteiger partial charge in [0.15, 0.2) is 0 Å². The molecule has 4 nitrogen and oxygen atoms in total. The molecule has 0 aromatic heterocycles. The van der Waals surface area contributed by atoms with Crippen molar-refractivity contribution in [3.63, 3.8) is 0 Å². The molecule has 0 amide bonds. The third-order valence-electron chi connectivity index (χ3n) is 3.63. The van der Waals surface area contributed by atoms with E-state index in [2.05, 4.69) is 0 Å². The Morgan fingerprint density at radius 3 is 2.69 bits per heavy atom. The number of carbonyl (C=O) groups is 1. The predicted octanol–water partition coefficient (Wildman–Crippen LogP) is 1.35. The SMILES string of the molecule is CB(O)CCCC[C@]1(C(=O)O)CC[C@H](N)C1. The van der Waals surface area contributed by atoms with Crippen LogP contribution in [-0.2, 0) is 4.79 Å². The van der Waals surface area contributed by atoms with Crippen LogP contribution in [0.15, 0.2) is 0 Å². The predicted molar refractivity (Wildman–Crippen MR) is 64.4 cm³/mol. The van der Waals surface area contributed by atoms with Gasteiger partial charge in [0.05, 0.1) is 5.41 Å². The lowest BCUT2D eigenvalue weighted by molar-refractivity contribution is -0.149. The van der Waals surface area contributed by atoms with Gasteiger partial charge < -0.3 is 15.9 Å². The number of unbranched alkanes of at least 4 members (excludes halogenated alkanes) is 1. The fraction of sp³-hybridized carbons (Fsp3) is 0.909. The van der Waals surface area contributed by atoms with Crippen molar-refractivity contribution in [3.8, 4) is 0 Å². The van der Waals surface area contributed by atoms with Crippen molar-refractivity contribution in [1.82, 2.24) is 0 Å². The molecule has 0 heterocycles. The maximum atomic E-state index is 11.3. The Morgan fingerprint density at radius 2 is 2.25 bits per heavy atom. The highest BCUT2D eigenvalue weighted by Gasteiger charge is 2.43. The first kappa shape index (κ1) is 13.5. The fourth-order valence-electron chi connectivity index (χ4n) is 2.60. The minimum absolute atomic E-state index is 0.0489. The van der Waals surface area contributed by atoms with Gasteiger partial charge >= 0.3 is 5.97 Å². The van der Waals surface area contributed by atoms with Crippen molar-refractivity contribution in [2.45, 2.75) is 57.7 Å². The standard InChI is InChI=1S/C11H22BNO3/c1-12(16)7-3-2-5-11(10(14)15)6-4-9(13)8-11/h9,16H,2-8,13H2,1H3,(H,14,15)/t9-,11-/m0/s1. The van der Waals surface area contributed by atoms with Crippen molar-refractivity contribution < 1.29 is 14.9 Å². The molecule has 5 heteroatoms. The summed E-state index contributed by atoms with van der Waals surface area (Å²) in [5, 5.41) is 18.4. The van der Waals surface area contributed by atoms with Crippen LogP contribution in [0.5, 0.6) is 0 Å². The number of carboxylic acid groups (broad SMARTS) is 1. The van der Waals surface area contributed by atoms with Gasteiger partial charge in [-0.25, -0.2) is 0 Å². The van der Waals surface area contributed by atoms with E-state index in [0.29, 0.717) is 19.3 Å². The van der Waals surface area contributed by atoms with Gasteiger partial charge in [-0.2, -0.15) is 0 Å². The van der Waals surface area contributed by atoms with E-state index in [0.717, 1.165) is 25.6 Å². The Kier molecular flexibility index (Phi) is 4.80. The maximum Gasteiger partial charge on any atom is 0.309 e. The molecular weight excluding hydrogens is 205 g/mol. The molecule has 92 valence electrons. The van der Waals surface area contributed by atoms with Crippen molar-refractivity contribution in [2.24, 2.45) is 11.1 Å². The van der Waals surface area contributed by atoms with Gasteiger partial charge in [0.25, 0.3) is 6.92 Å². The lowest BCUT2D eigenvalue weighted by Crippen LogP contribution is -2.30. The summed E-state index contributed by atoms with van der Waals surface area (Å²) in [6.07, 6.45) is 5.34. The van der Waals surface area contributed by atoms with Gasteiger partial charge in [-0.15, -0.1) is 0 Å². The van der Waals surface area contributed by atoms with Gasteiger partial charge in [0.2, 0.25) is 0 Å². The summed E-state index contributed by atoms with van der Waals surface area (Å²) in [5.41, 5.74) is 5.21. The Morgan fingerprint density at radius 1 is 1.56 bits per heavy atom. The number of rotatable bonds is 6. The first-order valence-electron chi connectivity index (χ1n) is 6.13. The van der Waals surface area contributed by atoms with Crippen LogP contribution >= 0.6 is 0 Å². The molecule has 2 atom stereocenters. The fourth-order valence-corrected chi connectivity index (χ4v) is 2.60. The quantitative estimate of drug-likeness (QED) is 0.472. The van der Waals surface area contributed by atoms with Crippen molar-refractivity contribution in [1.29, 1.82) is 0 Å². The van der Waals surface area contributed by atoms with Gasteiger partial charge in [0, 0.05) is 6.04 Å². The van der Waals surface area contributed by atoms with Gasteiger partial charge in [-0.3, -0.25) is 4.79 Å². The molecule has 1 aliphatic rings. The highest BCUT2D eigenvalue weighted by atomic mass is 16.4.